The third kappa shape index (κ3) is 5.22. The summed E-state index contributed by atoms with van der Waals surface area (Å²) < 4.78 is 52.3. The summed E-state index contributed by atoms with van der Waals surface area (Å²) in [5.74, 6) is 0.717. The second kappa shape index (κ2) is 9.56. The van der Waals surface area contributed by atoms with Crippen LogP contribution in [0.5, 0.6) is 5.75 Å². The molecule has 1 unspecified atom stereocenters. The normalized spacial score (nSPS) is 19.7. The maximum Gasteiger partial charge on any atom is 0.410 e. The highest BCUT2D eigenvalue weighted by molar-refractivity contribution is 5.69. The summed E-state index contributed by atoms with van der Waals surface area (Å²) in [7, 11) is 1.63. The number of likely N-dealkylation sites (tertiary alicyclic amines) is 1. The van der Waals surface area contributed by atoms with Crippen molar-refractivity contribution in [3.63, 3.8) is 0 Å². The van der Waals surface area contributed by atoms with Crippen molar-refractivity contribution in [2.45, 2.75) is 76.8 Å². The highest BCUT2D eigenvalue weighted by Gasteiger charge is 2.48. The van der Waals surface area contributed by atoms with Crippen LogP contribution in [0, 0.1) is 6.92 Å². The zero-order valence-electron chi connectivity index (χ0n) is 18.8. The van der Waals surface area contributed by atoms with Crippen molar-refractivity contribution < 1.29 is 27.4 Å². The molecule has 2 aliphatic rings. The Hall–Kier alpha value is -2.85. The molecule has 1 atom stereocenters. The van der Waals surface area contributed by atoms with Crippen LogP contribution in [-0.2, 0) is 18.4 Å². The standard InChI is InChI=1S/C22H28F3N5O3/c1-14-18(33-15-7-4-3-5-8-15)11-10-16(26-14)20-17(29(2)28-27-20)13-32-21(31)30-12-6-9-19(30)22(23,24)25/h10-11,15,19H,3-9,12-13H2,1-2H3. The third-order valence-corrected chi connectivity index (χ3v) is 6.27. The lowest BCUT2D eigenvalue weighted by Crippen LogP contribution is -2.44. The summed E-state index contributed by atoms with van der Waals surface area (Å²) in [6, 6.07) is 1.80. The van der Waals surface area contributed by atoms with Crippen molar-refractivity contribution in [3.8, 4) is 17.1 Å². The van der Waals surface area contributed by atoms with Crippen molar-refractivity contribution in [2.24, 2.45) is 7.05 Å². The fraction of sp³-hybridized carbons (Fsp3) is 0.636. The Kier molecular flexibility index (Phi) is 6.76. The maximum atomic E-state index is 13.2. The van der Waals surface area contributed by atoms with Gasteiger partial charge in [-0.25, -0.2) is 14.5 Å². The van der Waals surface area contributed by atoms with Gasteiger partial charge in [-0.05, 0) is 57.6 Å². The molecule has 11 heteroatoms. The molecule has 1 saturated carbocycles. The van der Waals surface area contributed by atoms with E-state index in [0.717, 1.165) is 36.3 Å². The Morgan fingerprint density at radius 2 is 1.91 bits per heavy atom. The molecule has 2 fully saturated rings. The average molecular weight is 467 g/mol. The number of hydrogen-bond donors (Lipinski definition) is 0. The molecule has 1 saturated heterocycles. The average Bonchev–Trinajstić information content (AvgIpc) is 3.41. The van der Waals surface area contributed by atoms with E-state index in [2.05, 4.69) is 15.3 Å². The van der Waals surface area contributed by atoms with E-state index in [1.165, 1.54) is 11.1 Å². The van der Waals surface area contributed by atoms with E-state index in [1.54, 1.807) is 13.1 Å². The third-order valence-electron chi connectivity index (χ3n) is 6.27. The smallest absolute Gasteiger partial charge is 0.410 e. The second-order valence-electron chi connectivity index (χ2n) is 8.61. The van der Waals surface area contributed by atoms with E-state index < -0.39 is 18.3 Å². The fourth-order valence-corrected chi connectivity index (χ4v) is 4.44. The van der Waals surface area contributed by atoms with Gasteiger partial charge in [-0.15, -0.1) is 5.10 Å². The molecule has 0 radical (unpaired) electrons. The quantitative estimate of drug-likeness (QED) is 0.641. The number of carbonyl (C=O) groups is 1. The van der Waals surface area contributed by atoms with E-state index in [1.807, 2.05) is 13.0 Å². The number of ether oxygens (including phenoxy) is 2. The molecule has 2 aromatic rings. The van der Waals surface area contributed by atoms with E-state index >= 15 is 0 Å². The van der Waals surface area contributed by atoms with E-state index in [4.69, 9.17) is 9.47 Å². The van der Waals surface area contributed by atoms with Crippen LogP contribution in [0.1, 0.15) is 56.3 Å². The van der Waals surface area contributed by atoms with Crippen molar-refractivity contribution in [3.05, 3.63) is 23.5 Å². The van der Waals surface area contributed by atoms with Gasteiger partial charge >= 0.3 is 12.3 Å². The van der Waals surface area contributed by atoms with Crippen molar-refractivity contribution in [2.75, 3.05) is 6.54 Å². The first-order chi connectivity index (χ1) is 15.7. The highest BCUT2D eigenvalue weighted by Crippen LogP contribution is 2.33. The van der Waals surface area contributed by atoms with Gasteiger partial charge in [0, 0.05) is 13.6 Å². The Morgan fingerprint density at radius 3 is 2.61 bits per heavy atom. The fourth-order valence-electron chi connectivity index (χ4n) is 4.44. The minimum absolute atomic E-state index is 0.0166. The molecule has 4 rings (SSSR count). The van der Waals surface area contributed by atoms with Gasteiger partial charge in [-0.3, -0.25) is 4.90 Å². The lowest BCUT2D eigenvalue weighted by molar-refractivity contribution is -0.171. The van der Waals surface area contributed by atoms with Gasteiger partial charge in [0.1, 0.15) is 29.8 Å². The van der Waals surface area contributed by atoms with Crippen molar-refractivity contribution >= 4 is 6.09 Å². The van der Waals surface area contributed by atoms with Crippen LogP contribution >= 0.6 is 0 Å². The Morgan fingerprint density at radius 1 is 1.15 bits per heavy atom. The van der Waals surface area contributed by atoms with Gasteiger partial charge < -0.3 is 9.47 Å². The van der Waals surface area contributed by atoms with Crippen LogP contribution < -0.4 is 4.74 Å². The van der Waals surface area contributed by atoms with E-state index in [9.17, 15) is 18.0 Å². The molecule has 33 heavy (non-hydrogen) atoms. The molecular weight excluding hydrogens is 439 g/mol. The maximum absolute atomic E-state index is 13.2. The number of nitrogens with zero attached hydrogens (tertiary/aromatic N) is 5. The predicted molar refractivity (Wildman–Crippen MR) is 112 cm³/mol. The summed E-state index contributed by atoms with van der Waals surface area (Å²) in [5, 5.41) is 8.11. The van der Waals surface area contributed by atoms with E-state index in [-0.39, 0.29) is 32.1 Å². The number of hydrogen-bond acceptors (Lipinski definition) is 6. The number of aryl methyl sites for hydroxylation is 2. The van der Waals surface area contributed by atoms with Crippen LogP contribution in [0.3, 0.4) is 0 Å². The predicted octanol–water partition coefficient (Wildman–Crippen LogP) is 4.56. The first-order valence-corrected chi connectivity index (χ1v) is 11.3. The van der Waals surface area contributed by atoms with Gasteiger partial charge in [0.15, 0.2) is 0 Å². The Balaban J connectivity index is 1.45. The van der Waals surface area contributed by atoms with Gasteiger partial charge in [-0.2, -0.15) is 13.2 Å². The molecule has 0 spiro atoms. The van der Waals surface area contributed by atoms with Crippen LogP contribution in [0.4, 0.5) is 18.0 Å². The van der Waals surface area contributed by atoms with Gasteiger partial charge in [0.05, 0.1) is 17.5 Å². The summed E-state index contributed by atoms with van der Waals surface area (Å²) in [6.45, 7) is 1.60. The number of aromatic nitrogens is 4. The zero-order chi connectivity index (χ0) is 23.6. The van der Waals surface area contributed by atoms with Crippen LogP contribution in [-0.4, -0.2) is 55.8 Å². The molecule has 0 N–H and O–H groups in total. The summed E-state index contributed by atoms with van der Waals surface area (Å²) in [5.41, 5.74) is 2.08. The molecule has 1 amide bonds. The van der Waals surface area contributed by atoms with Crippen molar-refractivity contribution in [1.82, 2.24) is 24.9 Å². The Labute approximate surface area is 190 Å². The number of amides is 1. The first-order valence-electron chi connectivity index (χ1n) is 11.3. The minimum Gasteiger partial charge on any atom is -0.489 e. The monoisotopic (exact) mass is 467 g/mol. The summed E-state index contributed by atoms with van der Waals surface area (Å²) in [6.07, 6.45) is 0.537. The molecule has 1 aliphatic heterocycles. The topological polar surface area (TPSA) is 82.4 Å². The number of pyridine rings is 1. The lowest BCUT2D eigenvalue weighted by Gasteiger charge is -2.25. The molecule has 0 bridgehead atoms. The molecule has 3 heterocycles. The number of rotatable bonds is 5. The molecule has 0 aromatic carbocycles. The number of carbonyl (C=O) groups excluding carboxylic acids is 1. The molecular formula is C22H28F3N5O3. The highest BCUT2D eigenvalue weighted by atomic mass is 19.4. The largest absolute Gasteiger partial charge is 0.489 e. The Bertz CT molecular complexity index is 988. The van der Waals surface area contributed by atoms with E-state index in [0.29, 0.717) is 22.8 Å². The van der Waals surface area contributed by atoms with Crippen LogP contribution in [0.2, 0.25) is 0 Å². The second-order valence-corrected chi connectivity index (χ2v) is 8.61. The minimum atomic E-state index is -4.47. The van der Waals surface area contributed by atoms with Gasteiger partial charge in [-0.1, -0.05) is 11.6 Å². The molecule has 180 valence electrons. The summed E-state index contributed by atoms with van der Waals surface area (Å²) in [4.78, 5) is 17.7. The zero-order valence-corrected chi connectivity index (χ0v) is 18.8. The molecule has 8 nitrogen and oxygen atoms in total. The lowest BCUT2D eigenvalue weighted by atomic mass is 9.98. The summed E-state index contributed by atoms with van der Waals surface area (Å²) >= 11 is 0. The number of alkyl halides is 3. The number of halogens is 3. The van der Waals surface area contributed by atoms with Gasteiger partial charge in [0.25, 0.3) is 0 Å². The first kappa shape index (κ1) is 23.3. The van der Waals surface area contributed by atoms with Crippen LogP contribution in [0.25, 0.3) is 11.4 Å². The molecule has 2 aromatic heterocycles. The SMILES string of the molecule is Cc1nc(-c2nnn(C)c2COC(=O)N2CCCC2C(F)(F)F)ccc1OC1CCCCC1. The molecule has 1 aliphatic carbocycles. The van der Waals surface area contributed by atoms with Crippen LogP contribution in [0.15, 0.2) is 12.1 Å². The van der Waals surface area contributed by atoms with Gasteiger partial charge in [0.2, 0.25) is 0 Å². The van der Waals surface area contributed by atoms with Crippen molar-refractivity contribution in [1.29, 1.82) is 0 Å².